The van der Waals surface area contributed by atoms with E-state index < -0.39 is 0 Å². The number of benzene rings is 1. The van der Waals surface area contributed by atoms with Crippen molar-refractivity contribution in [2.24, 2.45) is 0 Å². The van der Waals surface area contributed by atoms with Crippen LogP contribution in [0.2, 0.25) is 0 Å². The Balaban J connectivity index is 1.41. The number of carbonyl (C=O) groups excluding carboxylic acids is 2. The molecular weight excluding hydrogens is 460 g/mol. The monoisotopic (exact) mass is 492 g/mol. The average molecular weight is 493 g/mol. The number of morpholine rings is 1. The summed E-state index contributed by atoms with van der Waals surface area (Å²) in [6.07, 6.45) is 7.82. The molecule has 10 heteroatoms. The second-order valence-electron chi connectivity index (χ2n) is 9.23. The van der Waals surface area contributed by atoms with Crippen molar-refractivity contribution in [2.75, 3.05) is 43.1 Å². The van der Waals surface area contributed by atoms with E-state index in [1.807, 2.05) is 12.1 Å². The van der Waals surface area contributed by atoms with Crippen molar-refractivity contribution >= 4 is 34.8 Å². The highest BCUT2D eigenvalue weighted by molar-refractivity contribution is 6.04. The number of aromatic nitrogens is 4. The molecule has 190 valence electrons. The summed E-state index contributed by atoms with van der Waals surface area (Å²) < 4.78 is 12.2. The van der Waals surface area contributed by atoms with Crippen molar-refractivity contribution in [1.82, 2.24) is 19.5 Å². The Morgan fingerprint density at radius 2 is 1.83 bits per heavy atom. The molecule has 1 aromatic carbocycles. The number of anilines is 2. The minimum absolute atomic E-state index is 0.0279. The van der Waals surface area contributed by atoms with Crippen LogP contribution in [0.5, 0.6) is 0 Å². The molecule has 1 saturated heterocycles. The number of nitrogens with zero attached hydrogens (tertiary/aromatic N) is 5. The van der Waals surface area contributed by atoms with Crippen LogP contribution in [0.3, 0.4) is 0 Å². The standard InChI is InChI=1S/C26H32N6O4/c1-2-36-21(33)16-32-17-27-22-23(31-12-14-35-15-13-31)28-26(29-24(22)32)30-25(34)20-10-8-19(9-11-20)18-6-4-3-5-7-18/h8-11,17-18H,2-7,12-16H2,1H3,(H,28,29,30,34). The van der Waals surface area contributed by atoms with E-state index in [9.17, 15) is 9.59 Å². The molecule has 1 aliphatic heterocycles. The second kappa shape index (κ2) is 11.0. The number of carbonyl (C=O) groups is 2. The molecule has 2 aliphatic rings. The topological polar surface area (TPSA) is 111 Å². The zero-order chi connectivity index (χ0) is 24.9. The SMILES string of the molecule is CCOC(=O)Cn1cnc2c(N3CCOCC3)nc(NC(=O)c3ccc(C4CCCCC4)cc3)nc21. The first-order chi connectivity index (χ1) is 17.6. The third kappa shape index (κ3) is 5.33. The molecule has 3 aromatic rings. The number of fused-ring (bicyclic) bond motifs is 1. The number of rotatable bonds is 7. The lowest BCUT2D eigenvalue weighted by Crippen LogP contribution is -2.37. The molecule has 36 heavy (non-hydrogen) atoms. The van der Waals surface area contributed by atoms with Crippen molar-refractivity contribution in [2.45, 2.75) is 51.5 Å². The summed E-state index contributed by atoms with van der Waals surface area (Å²) in [6, 6.07) is 7.85. The Morgan fingerprint density at radius 3 is 2.56 bits per heavy atom. The Hall–Kier alpha value is -3.53. The van der Waals surface area contributed by atoms with Gasteiger partial charge in [-0.25, -0.2) is 4.98 Å². The van der Waals surface area contributed by atoms with Crippen LogP contribution in [0, 0.1) is 0 Å². The van der Waals surface area contributed by atoms with Crippen molar-refractivity contribution in [3.8, 4) is 0 Å². The minimum Gasteiger partial charge on any atom is -0.465 e. The zero-order valence-corrected chi connectivity index (χ0v) is 20.6. The second-order valence-corrected chi connectivity index (χ2v) is 9.23. The van der Waals surface area contributed by atoms with Crippen molar-refractivity contribution in [1.29, 1.82) is 0 Å². The molecule has 0 unspecified atom stereocenters. The van der Waals surface area contributed by atoms with Gasteiger partial charge in [0, 0.05) is 18.7 Å². The maximum absolute atomic E-state index is 13.1. The number of nitrogens with one attached hydrogen (secondary N) is 1. The van der Waals surface area contributed by atoms with E-state index in [1.54, 1.807) is 17.8 Å². The fraction of sp³-hybridized carbons (Fsp3) is 0.500. The molecule has 5 rings (SSSR count). The van der Waals surface area contributed by atoms with Gasteiger partial charge in [-0.3, -0.25) is 14.9 Å². The smallest absolute Gasteiger partial charge is 0.326 e. The van der Waals surface area contributed by atoms with Gasteiger partial charge >= 0.3 is 5.97 Å². The summed E-state index contributed by atoms with van der Waals surface area (Å²) in [5.41, 5.74) is 2.87. The van der Waals surface area contributed by atoms with E-state index in [0.717, 1.165) is 0 Å². The molecule has 1 saturated carbocycles. The van der Waals surface area contributed by atoms with Gasteiger partial charge in [-0.1, -0.05) is 31.4 Å². The normalized spacial score (nSPS) is 16.8. The molecule has 1 aliphatic carbocycles. The first kappa shape index (κ1) is 24.2. The maximum Gasteiger partial charge on any atom is 0.326 e. The summed E-state index contributed by atoms with van der Waals surface area (Å²) >= 11 is 0. The van der Waals surface area contributed by atoms with Crippen molar-refractivity contribution in [3.63, 3.8) is 0 Å². The Kier molecular flexibility index (Phi) is 7.41. The van der Waals surface area contributed by atoms with Gasteiger partial charge in [0.25, 0.3) is 5.91 Å². The maximum atomic E-state index is 13.1. The van der Waals surface area contributed by atoms with Crippen LogP contribution in [0.1, 0.15) is 60.9 Å². The predicted molar refractivity (Wildman–Crippen MR) is 135 cm³/mol. The van der Waals surface area contributed by atoms with Gasteiger partial charge < -0.3 is 18.9 Å². The zero-order valence-electron chi connectivity index (χ0n) is 20.6. The van der Waals surface area contributed by atoms with Crippen LogP contribution in [-0.2, 0) is 20.8 Å². The van der Waals surface area contributed by atoms with Gasteiger partial charge in [-0.05, 0) is 43.4 Å². The molecular formula is C26H32N6O4. The highest BCUT2D eigenvalue weighted by atomic mass is 16.5. The van der Waals surface area contributed by atoms with E-state index in [-0.39, 0.29) is 24.4 Å². The third-order valence-electron chi connectivity index (χ3n) is 6.84. The summed E-state index contributed by atoms with van der Waals surface area (Å²) in [6.45, 7) is 4.46. The lowest BCUT2D eigenvalue weighted by atomic mass is 9.84. The van der Waals surface area contributed by atoms with Crippen LogP contribution in [0.25, 0.3) is 11.2 Å². The molecule has 1 amide bonds. The molecule has 2 fully saturated rings. The van der Waals surface area contributed by atoms with E-state index in [4.69, 9.17) is 9.47 Å². The molecule has 0 radical (unpaired) electrons. The lowest BCUT2D eigenvalue weighted by molar-refractivity contribution is -0.143. The van der Waals surface area contributed by atoms with Gasteiger partial charge in [0.1, 0.15) is 6.54 Å². The van der Waals surface area contributed by atoms with E-state index in [1.165, 1.54) is 37.7 Å². The lowest BCUT2D eigenvalue weighted by Gasteiger charge is -2.28. The predicted octanol–water partition coefficient (Wildman–Crippen LogP) is 3.53. The van der Waals surface area contributed by atoms with Crippen LogP contribution < -0.4 is 10.2 Å². The molecule has 0 spiro atoms. The van der Waals surface area contributed by atoms with Crippen molar-refractivity contribution in [3.05, 3.63) is 41.7 Å². The number of esters is 1. The summed E-state index contributed by atoms with van der Waals surface area (Å²) in [5, 5.41) is 2.85. The summed E-state index contributed by atoms with van der Waals surface area (Å²) in [7, 11) is 0. The van der Waals surface area contributed by atoms with E-state index >= 15 is 0 Å². The van der Waals surface area contributed by atoms with Gasteiger partial charge in [0.2, 0.25) is 5.95 Å². The van der Waals surface area contributed by atoms with Gasteiger partial charge in [0.15, 0.2) is 17.0 Å². The average Bonchev–Trinajstić information content (AvgIpc) is 3.31. The van der Waals surface area contributed by atoms with E-state index in [0.29, 0.717) is 61.4 Å². The molecule has 0 bridgehead atoms. The highest BCUT2D eigenvalue weighted by Gasteiger charge is 2.22. The van der Waals surface area contributed by atoms with Gasteiger partial charge in [0.05, 0.1) is 26.1 Å². The van der Waals surface area contributed by atoms with Crippen LogP contribution in [-0.4, -0.2) is 64.3 Å². The fourth-order valence-corrected chi connectivity index (χ4v) is 4.96. The summed E-state index contributed by atoms with van der Waals surface area (Å²) in [4.78, 5) is 40.9. The van der Waals surface area contributed by atoms with Gasteiger partial charge in [-0.2, -0.15) is 9.97 Å². The number of hydrogen-bond donors (Lipinski definition) is 1. The largest absolute Gasteiger partial charge is 0.465 e. The molecule has 0 atom stereocenters. The molecule has 10 nitrogen and oxygen atoms in total. The fourth-order valence-electron chi connectivity index (χ4n) is 4.96. The van der Waals surface area contributed by atoms with Crippen molar-refractivity contribution < 1.29 is 19.1 Å². The summed E-state index contributed by atoms with van der Waals surface area (Å²) in [5.74, 6) is 0.683. The quantitative estimate of drug-likeness (QED) is 0.499. The highest BCUT2D eigenvalue weighted by Crippen LogP contribution is 2.32. The van der Waals surface area contributed by atoms with Crippen LogP contribution in [0.15, 0.2) is 30.6 Å². The molecule has 3 heterocycles. The Morgan fingerprint density at radius 1 is 1.08 bits per heavy atom. The van der Waals surface area contributed by atoms with Crippen LogP contribution >= 0.6 is 0 Å². The minimum atomic E-state index is -0.382. The van der Waals surface area contributed by atoms with Gasteiger partial charge in [-0.15, -0.1) is 0 Å². The number of ether oxygens (including phenoxy) is 2. The Bertz CT molecular complexity index is 1210. The number of imidazole rings is 1. The Labute approximate surface area is 210 Å². The molecule has 2 aromatic heterocycles. The van der Waals surface area contributed by atoms with Crippen LogP contribution in [0.4, 0.5) is 11.8 Å². The number of hydrogen-bond acceptors (Lipinski definition) is 8. The molecule has 1 N–H and O–H groups in total. The van der Waals surface area contributed by atoms with E-state index in [2.05, 4.69) is 37.3 Å². The third-order valence-corrected chi connectivity index (χ3v) is 6.84. The first-order valence-electron chi connectivity index (χ1n) is 12.7. The first-order valence-corrected chi connectivity index (χ1v) is 12.7. The number of amides is 1.